The average molecular weight is 324 g/mol. The molecule has 1 aromatic rings. The van der Waals surface area contributed by atoms with Crippen molar-refractivity contribution in [2.24, 2.45) is 10.4 Å². The Balaban J connectivity index is 2.65. The summed E-state index contributed by atoms with van der Waals surface area (Å²) in [6, 6.07) is 1.96. The van der Waals surface area contributed by atoms with Crippen LogP contribution in [0.1, 0.15) is 58.9 Å². The summed E-state index contributed by atoms with van der Waals surface area (Å²) < 4.78 is 10.9. The lowest BCUT2D eigenvalue weighted by Crippen LogP contribution is -2.45. The number of nitrogens with one attached hydrogen (secondary N) is 2. The minimum absolute atomic E-state index is 0.0656. The van der Waals surface area contributed by atoms with Crippen LogP contribution in [0.4, 0.5) is 0 Å². The third-order valence-electron chi connectivity index (χ3n) is 3.61. The molecule has 1 unspecified atom stereocenters. The first kappa shape index (κ1) is 19.5. The van der Waals surface area contributed by atoms with Crippen molar-refractivity contribution in [1.29, 1.82) is 0 Å². The van der Waals surface area contributed by atoms with Gasteiger partial charge in [0.1, 0.15) is 6.54 Å². The highest BCUT2D eigenvalue weighted by molar-refractivity contribution is 5.79. The first-order valence-electron chi connectivity index (χ1n) is 8.28. The first-order chi connectivity index (χ1) is 10.8. The summed E-state index contributed by atoms with van der Waals surface area (Å²) in [5.74, 6) is 1.88. The van der Waals surface area contributed by atoms with Gasteiger partial charge >= 0.3 is 0 Å². The molecule has 1 aromatic heterocycles. The Morgan fingerprint density at radius 1 is 1.35 bits per heavy atom. The number of aliphatic imine (C=N–C) groups is 1. The molecule has 1 atom stereocenters. The highest BCUT2D eigenvalue weighted by atomic mass is 16.5. The molecule has 0 aromatic carbocycles. The fourth-order valence-electron chi connectivity index (χ4n) is 2.11. The van der Waals surface area contributed by atoms with E-state index >= 15 is 0 Å². The van der Waals surface area contributed by atoms with Gasteiger partial charge in [-0.15, -0.1) is 0 Å². The van der Waals surface area contributed by atoms with Crippen LogP contribution in [-0.2, 0) is 11.3 Å². The predicted molar refractivity (Wildman–Crippen MR) is 93.7 cm³/mol. The van der Waals surface area contributed by atoms with Crippen LogP contribution in [0.5, 0.6) is 0 Å². The average Bonchev–Trinajstić information content (AvgIpc) is 2.93. The minimum atomic E-state index is 0.0656. The predicted octanol–water partition coefficient (Wildman–Crippen LogP) is 2.91. The van der Waals surface area contributed by atoms with Crippen LogP contribution in [0.15, 0.2) is 15.6 Å². The SMILES string of the molecule is CCNC(=NCc1cc(C(C)C)no1)NCC(OC)C(C)(C)C. The van der Waals surface area contributed by atoms with E-state index in [1.54, 1.807) is 7.11 Å². The summed E-state index contributed by atoms with van der Waals surface area (Å²) in [5.41, 5.74) is 1.02. The van der Waals surface area contributed by atoms with E-state index in [1.807, 2.05) is 13.0 Å². The normalized spacial score (nSPS) is 14.2. The Morgan fingerprint density at radius 3 is 2.52 bits per heavy atom. The minimum Gasteiger partial charge on any atom is -0.379 e. The monoisotopic (exact) mass is 324 g/mol. The van der Waals surface area contributed by atoms with Crippen molar-refractivity contribution in [3.63, 3.8) is 0 Å². The summed E-state index contributed by atoms with van der Waals surface area (Å²) in [7, 11) is 1.74. The highest BCUT2D eigenvalue weighted by Gasteiger charge is 2.24. The van der Waals surface area contributed by atoms with Gasteiger partial charge in [-0.3, -0.25) is 0 Å². The molecular weight excluding hydrogens is 292 g/mol. The van der Waals surface area contributed by atoms with Gasteiger partial charge in [-0.1, -0.05) is 39.8 Å². The van der Waals surface area contributed by atoms with Crippen LogP contribution in [0.3, 0.4) is 0 Å². The molecule has 0 saturated heterocycles. The van der Waals surface area contributed by atoms with Crippen LogP contribution in [0.2, 0.25) is 0 Å². The maximum Gasteiger partial charge on any atom is 0.191 e. The fourth-order valence-corrected chi connectivity index (χ4v) is 2.11. The maximum atomic E-state index is 5.56. The molecule has 1 rings (SSSR count). The molecule has 0 spiro atoms. The molecule has 6 heteroatoms. The Labute approximate surface area is 140 Å². The zero-order valence-electron chi connectivity index (χ0n) is 15.6. The van der Waals surface area contributed by atoms with Gasteiger partial charge < -0.3 is 19.9 Å². The summed E-state index contributed by atoms with van der Waals surface area (Å²) in [6.07, 6.45) is 0.101. The van der Waals surface area contributed by atoms with Gasteiger partial charge in [0.25, 0.3) is 0 Å². The van der Waals surface area contributed by atoms with E-state index in [2.05, 4.69) is 55.4 Å². The van der Waals surface area contributed by atoms with Crippen LogP contribution >= 0.6 is 0 Å². The molecule has 0 aliphatic carbocycles. The molecule has 2 N–H and O–H groups in total. The Hall–Kier alpha value is -1.56. The van der Waals surface area contributed by atoms with Crippen molar-refractivity contribution in [2.75, 3.05) is 20.2 Å². The molecule has 0 fully saturated rings. The molecule has 0 amide bonds. The van der Waals surface area contributed by atoms with E-state index in [0.717, 1.165) is 24.0 Å². The van der Waals surface area contributed by atoms with E-state index in [-0.39, 0.29) is 11.5 Å². The van der Waals surface area contributed by atoms with Crippen molar-refractivity contribution >= 4 is 5.96 Å². The smallest absolute Gasteiger partial charge is 0.191 e. The number of ether oxygens (including phenoxy) is 1. The second-order valence-electron chi connectivity index (χ2n) is 7.04. The van der Waals surface area contributed by atoms with Gasteiger partial charge in [0.15, 0.2) is 11.7 Å². The molecule has 132 valence electrons. The molecule has 1 heterocycles. The van der Waals surface area contributed by atoms with Crippen LogP contribution in [-0.4, -0.2) is 37.4 Å². The van der Waals surface area contributed by atoms with E-state index in [0.29, 0.717) is 19.0 Å². The van der Waals surface area contributed by atoms with Gasteiger partial charge in [0, 0.05) is 26.3 Å². The highest BCUT2D eigenvalue weighted by Crippen LogP contribution is 2.21. The summed E-state index contributed by atoms with van der Waals surface area (Å²) >= 11 is 0. The Kier molecular flexibility index (Phi) is 7.55. The zero-order chi connectivity index (χ0) is 17.5. The van der Waals surface area contributed by atoms with E-state index in [4.69, 9.17) is 9.26 Å². The van der Waals surface area contributed by atoms with Crippen molar-refractivity contribution in [3.05, 3.63) is 17.5 Å². The summed E-state index contributed by atoms with van der Waals surface area (Å²) in [6.45, 7) is 14.7. The standard InChI is InChI=1S/C17H32N4O2/c1-8-18-16(20-11-15(22-7)17(4,5)6)19-10-13-9-14(12(2)3)21-23-13/h9,12,15H,8,10-11H2,1-7H3,(H2,18,19,20). The van der Waals surface area contributed by atoms with Crippen molar-refractivity contribution in [3.8, 4) is 0 Å². The van der Waals surface area contributed by atoms with Gasteiger partial charge in [0.2, 0.25) is 0 Å². The molecule has 0 aliphatic heterocycles. The molecule has 0 bridgehead atoms. The van der Waals surface area contributed by atoms with Crippen LogP contribution in [0, 0.1) is 5.41 Å². The summed E-state index contributed by atoms with van der Waals surface area (Å²) in [4.78, 5) is 4.55. The van der Waals surface area contributed by atoms with Gasteiger partial charge in [0.05, 0.1) is 11.8 Å². The lowest BCUT2D eigenvalue weighted by atomic mass is 9.89. The lowest BCUT2D eigenvalue weighted by molar-refractivity contribution is 0.0205. The van der Waals surface area contributed by atoms with E-state index < -0.39 is 0 Å². The van der Waals surface area contributed by atoms with Crippen LogP contribution in [0.25, 0.3) is 0 Å². The maximum absolute atomic E-state index is 5.56. The molecule has 6 nitrogen and oxygen atoms in total. The fraction of sp³-hybridized carbons (Fsp3) is 0.765. The number of nitrogens with zero attached hydrogens (tertiary/aromatic N) is 2. The molecule has 23 heavy (non-hydrogen) atoms. The van der Waals surface area contributed by atoms with Gasteiger partial charge in [-0.25, -0.2) is 4.99 Å². The van der Waals surface area contributed by atoms with Gasteiger partial charge in [-0.2, -0.15) is 0 Å². The molecule has 0 saturated carbocycles. The van der Waals surface area contributed by atoms with Gasteiger partial charge in [-0.05, 0) is 18.3 Å². The molecular formula is C17H32N4O2. The Morgan fingerprint density at radius 2 is 2.04 bits per heavy atom. The number of rotatable bonds is 7. The zero-order valence-corrected chi connectivity index (χ0v) is 15.6. The second-order valence-corrected chi connectivity index (χ2v) is 7.04. The third-order valence-corrected chi connectivity index (χ3v) is 3.61. The quantitative estimate of drug-likeness (QED) is 0.596. The number of hydrogen-bond acceptors (Lipinski definition) is 4. The Bertz CT molecular complexity index is 489. The largest absolute Gasteiger partial charge is 0.379 e. The number of methoxy groups -OCH3 is 1. The third kappa shape index (κ3) is 6.60. The number of aromatic nitrogens is 1. The second kappa shape index (κ2) is 8.91. The van der Waals surface area contributed by atoms with E-state index in [1.165, 1.54) is 0 Å². The lowest BCUT2D eigenvalue weighted by Gasteiger charge is -2.30. The molecule has 0 aliphatic rings. The van der Waals surface area contributed by atoms with Crippen molar-refractivity contribution < 1.29 is 9.26 Å². The molecule has 0 radical (unpaired) electrons. The number of guanidine groups is 1. The van der Waals surface area contributed by atoms with Crippen molar-refractivity contribution in [1.82, 2.24) is 15.8 Å². The first-order valence-corrected chi connectivity index (χ1v) is 8.28. The van der Waals surface area contributed by atoms with E-state index in [9.17, 15) is 0 Å². The summed E-state index contributed by atoms with van der Waals surface area (Å²) in [5, 5.41) is 10.6. The van der Waals surface area contributed by atoms with Crippen molar-refractivity contribution in [2.45, 2.75) is 60.1 Å². The number of hydrogen-bond donors (Lipinski definition) is 2. The van der Waals surface area contributed by atoms with Crippen LogP contribution < -0.4 is 10.6 Å². The topological polar surface area (TPSA) is 71.7 Å².